The van der Waals surface area contributed by atoms with Gasteiger partial charge in [-0.3, -0.25) is 9.79 Å². The number of carbonyl (C=O) groups excluding carboxylic acids is 1. The third kappa shape index (κ3) is 4.11. The van der Waals surface area contributed by atoms with Crippen LogP contribution in [0.25, 0.3) is 0 Å². The number of hydrogen-bond acceptors (Lipinski definition) is 8. The summed E-state index contributed by atoms with van der Waals surface area (Å²) < 4.78 is 34.7. The summed E-state index contributed by atoms with van der Waals surface area (Å²) in [4.78, 5) is 17.6. The molecule has 144 valence electrons. The molecule has 3 N–H and O–H groups in total. The molecule has 1 aliphatic rings. The minimum absolute atomic E-state index is 0.0184. The van der Waals surface area contributed by atoms with Gasteiger partial charge in [0.15, 0.2) is 17.4 Å². The van der Waals surface area contributed by atoms with Crippen molar-refractivity contribution in [3.05, 3.63) is 33.9 Å². The van der Waals surface area contributed by atoms with Gasteiger partial charge in [0.1, 0.15) is 16.4 Å². The normalized spacial score (nSPS) is 16.9. The molecule has 0 fully saturated rings. The molecular formula is C15H17N5O5S2. The number of amidine groups is 2. The van der Waals surface area contributed by atoms with Crippen LogP contribution in [0.15, 0.2) is 31.3 Å². The van der Waals surface area contributed by atoms with Crippen molar-refractivity contribution >= 4 is 44.8 Å². The molecule has 0 radical (unpaired) electrons. The molecule has 0 bridgehead atoms. The highest BCUT2D eigenvalue weighted by Gasteiger charge is 2.28. The van der Waals surface area contributed by atoms with E-state index >= 15 is 0 Å². The second-order valence-corrected chi connectivity index (χ2v) is 8.06. The topological polar surface area (TPSA) is 137 Å². The van der Waals surface area contributed by atoms with Gasteiger partial charge in [-0.05, 0) is 19.1 Å². The van der Waals surface area contributed by atoms with E-state index in [-0.39, 0.29) is 40.4 Å². The summed E-state index contributed by atoms with van der Waals surface area (Å²) in [5.41, 5.74) is 0.157. The fraction of sp³-hybridized carbons (Fsp3) is 0.267. The highest BCUT2D eigenvalue weighted by atomic mass is 32.2. The number of furan rings is 1. The molecule has 0 atom stereocenters. The molecule has 27 heavy (non-hydrogen) atoms. The van der Waals surface area contributed by atoms with Gasteiger partial charge in [-0.1, -0.05) is 0 Å². The summed E-state index contributed by atoms with van der Waals surface area (Å²) in [5.74, 6) is 0.511. The van der Waals surface area contributed by atoms with Gasteiger partial charge in [-0.15, -0.1) is 15.7 Å². The van der Waals surface area contributed by atoms with Crippen LogP contribution < -0.4 is 10.0 Å². The average molecular weight is 411 g/mol. The van der Waals surface area contributed by atoms with E-state index in [4.69, 9.17) is 4.42 Å². The Bertz CT molecular complexity index is 1050. The summed E-state index contributed by atoms with van der Waals surface area (Å²) >= 11 is 1.03. The monoisotopic (exact) mass is 411 g/mol. The number of nitrogens with one attached hydrogen (secondary N) is 2. The average Bonchev–Trinajstić information content (AvgIpc) is 3.24. The molecule has 0 unspecified atom stereocenters. The van der Waals surface area contributed by atoms with E-state index < -0.39 is 10.2 Å². The Hall–Kier alpha value is -2.86. The molecule has 3 heterocycles. The summed E-state index contributed by atoms with van der Waals surface area (Å²) in [7, 11) is -0.814. The standard InChI is InChI=1S/C15H17N5O5S2/c1-8-4-5-9(25-8)6-16-13-14(19-27(23,24)18-13)17-10-7-26-12(11(10)21)15(22)20(2)3/h4-5,7,21H,6H2,1-3H3,(H,16,18)(H,17,19). The Kier molecular flexibility index (Phi) is 4.93. The van der Waals surface area contributed by atoms with E-state index in [1.54, 1.807) is 33.2 Å². The van der Waals surface area contributed by atoms with Crippen LogP contribution in [0.3, 0.4) is 0 Å². The number of rotatable bonds is 4. The molecule has 0 aromatic carbocycles. The Labute approximate surface area is 159 Å². The van der Waals surface area contributed by atoms with Crippen LogP contribution in [0.5, 0.6) is 5.75 Å². The Morgan fingerprint density at radius 1 is 1.44 bits per heavy atom. The van der Waals surface area contributed by atoms with Gasteiger partial charge in [-0.2, -0.15) is 8.42 Å². The van der Waals surface area contributed by atoms with Gasteiger partial charge in [0.05, 0.1) is 12.2 Å². The van der Waals surface area contributed by atoms with Crippen molar-refractivity contribution in [2.45, 2.75) is 13.5 Å². The molecule has 0 aliphatic carbocycles. The summed E-state index contributed by atoms with van der Waals surface area (Å²) in [6.45, 7) is 1.89. The molecule has 10 nitrogen and oxygen atoms in total. The molecule has 2 aromatic heterocycles. The lowest BCUT2D eigenvalue weighted by molar-refractivity contribution is 0.0829. The lowest BCUT2D eigenvalue weighted by Gasteiger charge is -2.09. The van der Waals surface area contributed by atoms with Crippen LogP contribution in [-0.2, 0) is 16.8 Å². The third-order valence-electron chi connectivity index (χ3n) is 3.47. The van der Waals surface area contributed by atoms with Crippen molar-refractivity contribution in [2.24, 2.45) is 9.39 Å². The van der Waals surface area contributed by atoms with Crippen molar-refractivity contribution < 1.29 is 22.7 Å². The smallest absolute Gasteiger partial charge is 0.345 e. The highest BCUT2D eigenvalue weighted by molar-refractivity contribution is 7.89. The maximum absolute atomic E-state index is 12.0. The van der Waals surface area contributed by atoms with Gasteiger partial charge < -0.3 is 19.7 Å². The predicted molar refractivity (Wildman–Crippen MR) is 102 cm³/mol. The first-order valence-electron chi connectivity index (χ1n) is 7.68. The van der Waals surface area contributed by atoms with Crippen molar-refractivity contribution in [1.29, 1.82) is 0 Å². The number of aromatic hydroxyl groups is 1. The first kappa shape index (κ1) is 18.9. The number of thiophene rings is 1. The summed E-state index contributed by atoms with van der Waals surface area (Å²) in [6.07, 6.45) is 0. The van der Waals surface area contributed by atoms with E-state index in [1.807, 2.05) is 0 Å². The molecule has 0 saturated heterocycles. The van der Waals surface area contributed by atoms with E-state index in [0.29, 0.717) is 11.5 Å². The number of anilines is 1. The minimum Gasteiger partial charge on any atom is -0.504 e. The van der Waals surface area contributed by atoms with E-state index in [2.05, 4.69) is 19.4 Å². The van der Waals surface area contributed by atoms with Crippen LogP contribution in [0.4, 0.5) is 5.69 Å². The Morgan fingerprint density at radius 3 is 2.81 bits per heavy atom. The molecule has 0 saturated carbocycles. The van der Waals surface area contributed by atoms with Crippen molar-refractivity contribution in [3.8, 4) is 5.75 Å². The maximum atomic E-state index is 12.0. The van der Waals surface area contributed by atoms with Crippen LogP contribution in [0, 0.1) is 6.92 Å². The summed E-state index contributed by atoms with van der Waals surface area (Å²) in [5, 5.41) is 14.5. The second-order valence-electron chi connectivity index (χ2n) is 5.85. The maximum Gasteiger partial charge on any atom is 0.345 e. The first-order valence-corrected chi connectivity index (χ1v) is 10.00. The van der Waals surface area contributed by atoms with E-state index in [1.165, 1.54) is 10.3 Å². The zero-order valence-electron chi connectivity index (χ0n) is 14.7. The van der Waals surface area contributed by atoms with Gasteiger partial charge in [-0.25, -0.2) is 4.72 Å². The molecule has 1 amide bonds. The lowest BCUT2D eigenvalue weighted by atomic mass is 10.3. The SMILES string of the molecule is Cc1ccc(CN=C2NS(=O)(=O)N=C2Nc2csc(C(=O)N(C)C)c2O)o1. The number of amides is 1. The van der Waals surface area contributed by atoms with Gasteiger partial charge in [0.2, 0.25) is 0 Å². The predicted octanol–water partition coefficient (Wildman–Crippen LogP) is 1.31. The minimum atomic E-state index is -3.94. The van der Waals surface area contributed by atoms with Crippen LogP contribution in [-0.4, -0.2) is 50.1 Å². The number of nitrogens with zero attached hydrogens (tertiary/aromatic N) is 3. The largest absolute Gasteiger partial charge is 0.504 e. The van der Waals surface area contributed by atoms with Crippen LogP contribution >= 0.6 is 11.3 Å². The Morgan fingerprint density at radius 2 is 2.19 bits per heavy atom. The van der Waals surface area contributed by atoms with Gasteiger partial charge in [0, 0.05) is 19.5 Å². The van der Waals surface area contributed by atoms with Gasteiger partial charge >= 0.3 is 10.2 Å². The molecule has 2 aromatic rings. The molecule has 3 rings (SSSR count). The summed E-state index contributed by atoms with van der Waals surface area (Å²) in [6, 6.07) is 3.51. The number of aryl methyl sites for hydroxylation is 1. The van der Waals surface area contributed by atoms with Crippen molar-refractivity contribution in [1.82, 2.24) is 9.62 Å². The molecular weight excluding hydrogens is 394 g/mol. The Balaban J connectivity index is 1.84. The quantitative estimate of drug-likeness (QED) is 0.694. The first-order chi connectivity index (χ1) is 12.7. The highest BCUT2D eigenvalue weighted by Crippen LogP contribution is 2.35. The van der Waals surface area contributed by atoms with E-state index in [9.17, 15) is 18.3 Å². The van der Waals surface area contributed by atoms with Crippen LogP contribution in [0.1, 0.15) is 21.2 Å². The van der Waals surface area contributed by atoms with Crippen molar-refractivity contribution in [2.75, 3.05) is 19.4 Å². The van der Waals surface area contributed by atoms with Crippen molar-refractivity contribution in [3.63, 3.8) is 0 Å². The number of hydrogen-bond donors (Lipinski definition) is 3. The third-order valence-corrected chi connectivity index (χ3v) is 5.30. The van der Waals surface area contributed by atoms with Gasteiger partial charge in [0.25, 0.3) is 5.91 Å². The number of carbonyl (C=O) groups is 1. The van der Waals surface area contributed by atoms with E-state index in [0.717, 1.165) is 11.3 Å². The van der Waals surface area contributed by atoms with Crippen LogP contribution in [0.2, 0.25) is 0 Å². The fourth-order valence-electron chi connectivity index (χ4n) is 2.20. The lowest BCUT2D eigenvalue weighted by Crippen LogP contribution is -2.30. The molecule has 0 spiro atoms. The fourth-order valence-corrected chi connectivity index (χ4v) is 3.93. The zero-order valence-corrected chi connectivity index (χ0v) is 16.3. The number of aliphatic imine (C=N–C) groups is 1. The molecule has 12 heteroatoms. The molecule has 1 aliphatic heterocycles. The zero-order chi connectivity index (χ0) is 19.8. The second kappa shape index (κ2) is 7.04.